The summed E-state index contributed by atoms with van der Waals surface area (Å²) in [6.07, 6.45) is 2.31. The maximum absolute atomic E-state index is 12.8. The van der Waals surface area contributed by atoms with Gasteiger partial charge in [0.2, 0.25) is 0 Å². The van der Waals surface area contributed by atoms with Gasteiger partial charge in [0.25, 0.3) is 5.91 Å². The first-order valence-electron chi connectivity index (χ1n) is 8.14. The van der Waals surface area contributed by atoms with Gasteiger partial charge in [0.1, 0.15) is 5.75 Å². The third-order valence-electron chi connectivity index (χ3n) is 4.29. The van der Waals surface area contributed by atoms with Crippen LogP contribution in [0, 0.1) is 0 Å². The lowest BCUT2D eigenvalue weighted by molar-refractivity contribution is 0.0778. The van der Waals surface area contributed by atoms with Gasteiger partial charge in [0.05, 0.1) is 30.4 Å². The molecule has 0 radical (unpaired) electrons. The predicted octanol–water partition coefficient (Wildman–Crippen LogP) is 3.49. The fourth-order valence-corrected chi connectivity index (χ4v) is 3.01. The van der Waals surface area contributed by atoms with Crippen LogP contribution in [0.4, 0.5) is 0 Å². The van der Waals surface area contributed by atoms with Crippen molar-refractivity contribution in [3.8, 4) is 5.75 Å². The van der Waals surface area contributed by atoms with Gasteiger partial charge in [-0.2, -0.15) is 5.10 Å². The fourth-order valence-electron chi connectivity index (χ4n) is 3.01. The third-order valence-corrected chi connectivity index (χ3v) is 4.29. The topological polar surface area (TPSA) is 54.8 Å². The Kier molecular flexibility index (Phi) is 3.90. The molecule has 1 aliphatic heterocycles. The van der Waals surface area contributed by atoms with Crippen LogP contribution in [0.2, 0.25) is 0 Å². The summed E-state index contributed by atoms with van der Waals surface area (Å²) in [5.41, 5.74) is 3.21. The highest BCUT2D eigenvalue weighted by Gasteiger charge is 2.24. The van der Waals surface area contributed by atoms with Crippen LogP contribution < -0.4 is 4.74 Å². The predicted molar refractivity (Wildman–Crippen MR) is 96.9 cm³/mol. The standard InChI is InChI=1S/C20H17N3O2/c1-25-19-9-5-3-7-16(19)18-10-11-23(22-18)20(24)15-12-14-6-2-4-8-17(14)21-13-15/h2-9,12-13H,10-11H2,1H3. The summed E-state index contributed by atoms with van der Waals surface area (Å²) in [4.78, 5) is 17.1. The highest BCUT2D eigenvalue weighted by molar-refractivity contribution is 6.06. The van der Waals surface area contributed by atoms with E-state index in [-0.39, 0.29) is 5.91 Å². The molecule has 0 spiro atoms. The SMILES string of the molecule is COc1ccccc1C1=NN(C(=O)c2cnc3ccccc3c2)CC1. The molecule has 0 fully saturated rings. The first kappa shape index (κ1) is 15.3. The van der Waals surface area contributed by atoms with Crippen molar-refractivity contribution in [3.63, 3.8) is 0 Å². The number of amides is 1. The van der Waals surface area contributed by atoms with Crippen molar-refractivity contribution in [1.82, 2.24) is 9.99 Å². The summed E-state index contributed by atoms with van der Waals surface area (Å²) < 4.78 is 5.39. The van der Waals surface area contributed by atoms with Crippen molar-refractivity contribution in [2.45, 2.75) is 6.42 Å². The number of rotatable bonds is 3. The first-order chi connectivity index (χ1) is 12.3. The molecule has 25 heavy (non-hydrogen) atoms. The van der Waals surface area contributed by atoms with E-state index in [4.69, 9.17) is 4.74 Å². The second kappa shape index (κ2) is 6.36. The van der Waals surface area contributed by atoms with Gasteiger partial charge in [-0.1, -0.05) is 30.3 Å². The number of aromatic nitrogens is 1. The molecule has 5 nitrogen and oxygen atoms in total. The molecule has 2 heterocycles. The molecule has 0 saturated carbocycles. The van der Waals surface area contributed by atoms with E-state index in [1.165, 1.54) is 5.01 Å². The Labute approximate surface area is 145 Å². The zero-order valence-electron chi connectivity index (χ0n) is 13.8. The van der Waals surface area contributed by atoms with E-state index in [0.29, 0.717) is 18.5 Å². The molecule has 2 aromatic carbocycles. The number of benzene rings is 2. The molecule has 4 rings (SSSR count). The van der Waals surface area contributed by atoms with E-state index in [2.05, 4.69) is 10.1 Å². The Morgan fingerprint density at radius 3 is 2.80 bits per heavy atom. The van der Waals surface area contributed by atoms with Crippen LogP contribution in [0.25, 0.3) is 10.9 Å². The number of nitrogens with zero attached hydrogens (tertiary/aromatic N) is 3. The molecule has 0 unspecified atom stereocenters. The van der Waals surface area contributed by atoms with E-state index in [0.717, 1.165) is 27.9 Å². The number of fused-ring (bicyclic) bond motifs is 1. The van der Waals surface area contributed by atoms with Gasteiger partial charge in [-0.25, -0.2) is 5.01 Å². The van der Waals surface area contributed by atoms with E-state index in [1.54, 1.807) is 13.3 Å². The fraction of sp³-hybridized carbons (Fsp3) is 0.150. The van der Waals surface area contributed by atoms with Gasteiger partial charge in [0.15, 0.2) is 0 Å². The number of ether oxygens (including phenoxy) is 1. The number of pyridine rings is 1. The summed E-state index contributed by atoms with van der Waals surface area (Å²) >= 11 is 0. The highest BCUT2D eigenvalue weighted by atomic mass is 16.5. The van der Waals surface area contributed by atoms with E-state index < -0.39 is 0 Å². The molecule has 0 atom stereocenters. The molecule has 1 aromatic heterocycles. The van der Waals surface area contributed by atoms with Crippen molar-refractivity contribution in [3.05, 3.63) is 71.9 Å². The van der Waals surface area contributed by atoms with Crippen molar-refractivity contribution < 1.29 is 9.53 Å². The maximum atomic E-state index is 12.8. The van der Waals surface area contributed by atoms with Crippen LogP contribution in [0.1, 0.15) is 22.3 Å². The van der Waals surface area contributed by atoms with Gasteiger partial charge in [-0.15, -0.1) is 0 Å². The monoisotopic (exact) mass is 331 g/mol. The third kappa shape index (κ3) is 2.85. The van der Waals surface area contributed by atoms with E-state index >= 15 is 0 Å². The molecular weight excluding hydrogens is 314 g/mol. The van der Waals surface area contributed by atoms with Crippen LogP contribution in [0.5, 0.6) is 5.75 Å². The average Bonchev–Trinajstić information content (AvgIpc) is 3.17. The summed E-state index contributed by atoms with van der Waals surface area (Å²) in [5.74, 6) is 0.631. The summed E-state index contributed by atoms with van der Waals surface area (Å²) in [6, 6.07) is 17.3. The van der Waals surface area contributed by atoms with Gasteiger partial charge in [0, 0.05) is 23.6 Å². The van der Waals surface area contributed by atoms with Gasteiger partial charge < -0.3 is 4.74 Å². The van der Waals surface area contributed by atoms with Gasteiger partial charge in [-0.3, -0.25) is 9.78 Å². The lowest BCUT2D eigenvalue weighted by Gasteiger charge is -2.11. The second-order valence-electron chi connectivity index (χ2n) is 5.84. The van der Waals surface area contributed by atoms with Gasteiger partial charge in [-0.05, 0) is 24.3 Å². The maximum Gasteiger partial charge on any atom is 0.275 e. The van der Waals surface area contributed by atoms with Crippen molar-refractivity contribution >= 4 is 22.5 Å². The smallest absolute Gasteiger partial charge is 0.275 e. The minimum atomic E-state index is -0.136. The van der Waals surface area contributed by atoms with Gasteiger partial charge >= 0.3 is 0 Å². The van der Waals surface area contributed by atoms with Crippen molar-refractivity contribution in [1.29, 1.82) is 0 Å². The lowest BCUT2D eigenvalue weighted by atomic mass is 10.1. The Morgan fingerprint density at radius 1 is 1.12 bits per heavy atom. The second-order valence-corrected chi connectivity index (χ2v) is 5.84. The molecular formula is C20H17N3O2. The Hall–Kier alpha value is -3.21. The van der Waals surface area contributed by atoms with Crippen molar-refractivity contribution in [2.75, 3.05) is 13.7 Å². The number of hydrogen-bond acceptors (Lipinski definition) is 4. The molecule has 1 amide bonds. The normalized spacial score (nSPS) is 13.8. The molecule has 0 bridgehead atoms. The molecule has 0 aliphatic carbocycles. The van der Waals surface area contributed by atoms with Crippen LogP contribution in [-0.4, -0.2) is 35.3 Å². The zero-order chi connectivity index (χ0) is 17.2. The Morgan fingerprint density at radius 2 is 1.92 bits per heavy atom. The van der Waals surface area contributed by atoms with Crippen molar-refractivity contribution in [2.24, 2.45) is 5.10 Å². The van der Waals surface area contributed by atoms with Crippen LogP contribution in [0.3, 0.4) is 0 Å². The Bertz CT molecular complexity index is 981. The summed E-state index contributed by atoms with van der Waals surface area (Å²) in [5, 5.41) is 6.97. The summed E-state index contributed by atoms with van der Waals surface area (Å²) in [7, 11) is 1.64. The molecule has 0 N–H and O–H groups in total. The number of methoxy groups -OCH3 is 1. The quantitative estimate of drug-likeness (QED) is 0.738. The zero-order valence-corrected chi connectivity index (χ0v) is 13.8. The molecule has 0 saturated heterocycles. The number of para-hydroxylation sites is 2. The largest absolute Gasteiger partial charge is 0.496 e. The highest BCUT2D eigenvalue weighted by Crippen LogP contribution is 2.24. The van der Waals surface area contributed by atoms with Crippen LogP contribution >= 0.6 is 0 Å². The number of carbonyl (C=O) groups is 1. The average molecular weight is 331 g/mol. The van der Waals surface area contributed by atoms with E-state index in [9.17, 15) is 4.79 Å². The Balaban J connectivity index is 1.63. The van der Waals surface area contributed by atoms with Crippen LogP contribution in [-0.2, 0) is 0 Å². The number of hydrogen-bond donors (Lipinski definition) is 0. The minimum absolute atomic E-state index is 0.136. The summed E-state index contributed by atoms with van der Waals surface area (Å²) in [6.45, 7) is 0.555. The molecule has 5 heteroatoms. The first-order valence-corrected chi connectivity index (χ1v) is 8.14. The molecule has 124 valence electrons. The molecule has 1 aliphatic rings. The minimum Gasteiger partial charge on any atom is -0.496 e. The van der Waals surface area contributed by atoms with E-state index in [1.807, 2.05) is 54.6 Å². The van der Waals surface area contributed by atoms with Crippen LogP contribution in [0.15, 0.2) is 65.9 Å². The number of carbonyl (C=O) groups excluding carboxylic acids is 1. The lowest BCUT2D eigenvalue weighted by Crippen LogP contribution is -2.23. The molecule has 3 aromatic rings. The number of hydrazone groups is 1.